The highest BCUT2D eigenvalue weighted by molar-refractivity contribution is 7.99. The Morgan fingerprint density at radius 3 is 2.41 bits per heavy atom. The molecule has 0 saturated carbocycles. The molecule has 0 spiro atoms. The summed E-state index contributed by atoms with van der Waals surface area (Å²) in [6, 6.07) is 8.83. The zero-order chi connectivity index (χ0) is 12.4. The maximum atomic E-state index is 11.7. The highest BCUT2D eigenvalue weighted by Gasteiger charge is 2.32. The third-order valence-electron chi connectivity index (χ3n) is 3.12. The number of hydrogen-bond acceptors (Lipinski definition) is 2. The van der Waals surface area contributed by atoms with E-state index in [9.17, 15) is 4.79 Å². The van der Waals surface area contributed by atoms with E-state index < -0.39 is 0 Å². The fourth-order valence-electron chi connectivity index (χ4n) is 2.14. The summed E-state index contributed by atoms with van der Waals surface area (Å²) in [6.07, 6.45) is 0. The molecule has 1 unspecified atom stereocenters. The van der Waals surface area contributed by atoms with Gasteiger partial charge in [0.05, 0.1) is 6.04 Å². The second-order valence-electron chi connectivity index (χ2n) is 4.29. The van der Waals surface area contributed by atoms with Crippen molar-refractivity contribution in [2.45, 2.75) is 17.9 Å². The Kier molecular flexibility index (Phi) is 3.62. The quantitative estimate of drug-likeness (QED) is 0.770. The molecular weight excluding hydrogens is 232 g/mol. The molecule has 0 aromatic heterocycles. The molecule has 0 aliphatic carbocycles. The summed E-state index contributed by atoms with van der Waals surface area (Å²) in [5.74, 6) is 1.09. The molecule has 1 aromatic rings. The highest BCUT2D eigenvalue weighted by Crippen LogP contribution is 2.28. The molecule has 1 heterocycles. The largest absolute Gasteiger partial charge is 0.325 e. The van der Waals surface area contributed by atoms with Crippen molar-refractivity contribution in [2.75, 3.05) is 26.4 Å². The van der Waals surface area contributed by atoms with E-state index in [2.05, 4.69) is 31.2 Å². The van der Waals surface area contributed by atoms with Gasteiger partial charge < -0.3 is 9.80 Å². The van der Waals surface area contributed by atoms with E-state index in [1.54, 1.807) is 4.90 Å². The van der Waals surface area contributed by atoms with E-state index in [4.69, 9.17) is 0 Å². The molecule has 0 N–H and O–H groups in total. The van der Waals surface area contributed by atoms with Gasteiger partial charge in [0, 0.05) is 25.5 Å². The Hall–Kier alpha value is -1.16. The molecule has 1 aliphatic heterocycles. The second-order valence-corrected chi connectivity index (χ2v) is 5.63. The van der Waals surface area contributed by atoms with Crippen LogP contribution in [-0.4, -0.2) is 42.2 Å². The first-order valence-electron chi connectivity index (χ1n) is 5.84. The summed E-state index contributed by atoms with van der Waals surface area (Å²) in [5.41, 5.74) is 1.21. The van der Waals surface area contributed by atoms with Gasteiger partial charge >= 0.3 is 6.03 Å². The van der Waals surface area contributed by atoms with Gasteiger partial charge in [-0.25, -0.2) is 4.79 Å². The first-order valence-corrected chi connectivity index (χ1v) is 6.82. The van der Waals surface area contributed by atoms with Crippen LogP contribution >= 0.6 is 11.8 Å². The predicted molar refractivity (Wildman–Crippen MR) is 71.4 cm³/mol. The number of hydrogen-bond donors (Lipinski definition) is 0. The van der Waals surface area contributed by atoms with Crippen LogP contribution in [0.1, 0.15) is 18.5 Å². The molecule has 1 saturated heterocycles. The van der Waals surface area contributed by atoms with Gasteiger partial charge in [-0.1, -0.05) is 19.1 Å². The van der Waals surface area contributed by atoms with Gasteiger partial charge in [0.25, 0.3) is 0 Å². The fraction of sp³-hybridized carbons (Fsp3) is 0.462. The Labute approximate surface area is 107 Å². The molecule has 92 valence electrons. The molecule has 17 heavy (non-hydrogen) atoms. The molecule has 1 fully saturated rings. The van der Waals surface area contributed by atoms with E-state index in [0.29, 0.717) is 0 Å². The molecule has 1 aromatic carbocycles. The maximum Gasteiger partial charge on any atom is 0.320 e. The number of carbonyl (C=O) groups is 1. The fourth-order valence-corrected chi connectivity index (χ4v) is 2.81. The standard InChI is InChI=1S/C13H18N2OS/c1-4-17-11-7-5-10(6-8-11)12-9-14(2)13(16)15(12)3/h5-8,12H,4,9H2,1-3H3. The summed E-state index contributed by atoms with van der Waals surface area (Å²) in [6.45, 7) is 2.92. The first-order chi connectivity index (χ1) is 8.13. The zero-order valence-corrected chi connectivity index (χ0v) is 11.3. The number of likely N-dealkylation sites (N-methyl/N-ethyl adjacent to an activating group) is 2. The molecule has 1 aliphatic rings. The van der Waals surface area contributed by atoms with Crippen molar-refractivity contribution in [1.29, 1.82) is 0 Å². The number of urea groups is 1. The minimum absolute atomic E-state index is 0.0991. The van der Waals surface area contributed by atoms with Crippen molar-refractivity contribution in [3.05, 3.63) is 29.8 Å². The van der Waals surface area contributed by atoms with Crippen LogP contribution < -0.4 is 0 Å². The maximum absolute atomic E-state index is 11.7. The number of amides is 2. The average molecular weight is 250 g/mol. The Balaban J connectivity index is 2.15. The van der Waals surface area contributed by atoms with Crippen LogP contribution in [0.15, 0.2) is 29.2 Å². The summed E-state index contributed by atoms with van der Waals surface area (Å²) in [7, 11) is 3.71. The molecule has 4 heteroatoms. The molecule has 2 amide bonds. The number of carbonyl (C=O) groups excluding carboxylic acids is 1. The first kappa shape index (κ1) is 12.3. The van der Waals surface area contributed by atoms with Crippen molar-refractivity contribution < 1.29 is 4.79 Å². The molecule has 2 rings (SSSR count). The number of benzene rings is 1. The predicted octanol–water partition coefficient (Wildman–Crippen LogP) is 2.84. The molecule has 3 nitrogen and oxygen atoms in total. The Bertz CT molecular complexity index is 404. The lowest BCUT2D eigenvalue weighted by Gasteiger charge is -2.18. The van der Waals surface area contributed by atoms with Crippen LogP contribution in [0.4, 0.5) is 4.79 Å². The Morgan fingerprint density at radius 2 is 1.94 bits per heavy atom. The van der Waals surface area contributed by atoms with Gasteiger partial charge in [0.2, 0.25) is 0 Å². The van der Waals surface area contributed by atoms with Crippen LogP contribution in [0.2, 0.25) is 0 Å². The van der Waals surface area contributed by atoms with Crippen LogP contribution in [0.5, 0.6) is 0 Å². The van der Waals surface area contributed by atoms with Crippen molar-refractivity contribution in [3.8, 4) is 0 Å². The number of rotatable bonds is 3. The van der Waals surface area contributed by atoms with Gasteiger partial charge in [-0.05, 0) is 23.4 Å². The van der Waals surface area contributed by atoms with E-state index in [1.165, 1.54) is 10.5 Å². The number of thioether (sulfide) groups is 1. The summed E-state index contributed by atoms with van der Waals surface area (Å²) < 4.78 is 0. The lowest BCUT2D eigenvalue weighted by Crippen LogP contribution is -2.26. The van der Waals surface area contributed by atoms with Gasteiger partial charge in [0.15, 0.2) is 0 Å². The normalized spacial score (nSPS) is 20.2. The smallest absolute Gasteiger partial charge is 0.320 e. The van der Waals surface area contributed by atoms with Gasteiger partial charge in [0.1, 0.15) is 0 Å². The highest BCUT2D eigenvalue weighted by atomic mass is 32.2. The van der Waals surface area contributed by atoms with Gasteiger partial charge in [-0.2, -0.15) is 0 Å². The van der Waals surface area contributed by atoms with Crippen LogP contribution in [-0.2, 0) is 0 Å². The monoisotopic (exact) mass is 250 g/mol. The summed E-state index contributed by atoms with van der Waals surface area (Å²) >= 11 is 1.84. The minimum Gasteiger partial charge on any atom is -0.325 e. The molecule has 0 bridgehead atoms. The van der Waals surface area contributed by atoms with E-state index >= 15 is 0 Å². The zero-order valence-electron chi connectivity index (χ0n) is 10.5. The van der Waals surface area contributed by atoms with Crippen LogP contribution in [0.3, 0.4) is 0 Å². The third-order valence-corrected chi connectivity index (χ3v) is 4.01. The van der Waals surface area contributed by atoms with Crippen molar-refractivity contribution in [2.24, 2.45) is 0 Å². The number of nitrogens with zero attached hydrogens (tertiary/aromatic N) is 2. The van der Waals surface area contributed by atoms with Gasteiger partial charge in [-0.3, -0.25) is 0 Å². The van der Waals surface area contributed by atoms with E-state index in [-0.39, 0.29) is 12.1 Å². The molecule has 0 radical (unpaired) electrons. The molecular formula is C13H18N2OS. The second kappa shape index (κ2) is 5.00. The van der Waals surface area contributed by atoms with Crippen LogP contribution in [0.25, 0.3) is 0 Å². The lowest BCUT2D eigenvalue weighted by molar-refractivity contribution is 0.201. The van der Waals surface area contributed by atoms with E-state index in [1.807, 2.05) is 30.8 Å². The van der Waals surface area contributed by atoms with Crippen molar-refractivity contribution >= 4 is 17.8 Å². The summed E-state index contributed by atoms with van der Waals surface area (Å²) in [4.78, 5) is 16.6. The van der Waals surface area contributed by atoms with Crippen LogP contribution in [0, 0.1) is 0 Å². The molecule has 1 atom stereocenters. The van der Waals surface area contributed by atoms with E-state index in [0.717, 1.165) is 12.3 Å². The summed E-state index contributed by atoms with van der Waals surface area (Å²) in [5, 5.41) is 0. The van der Waals surface area contributed by atoms with Crippen molar-refractivity contribution in [3.63, 3.8) is 0 Å². The third kappa shape index (κ3) is 2.41. The topological polar surface area (TPSA) is 23.6 Å². The SMILES string of the molecule is CCSc1ccc(C2CN(C)C(=O)N2C)cc1. The average Bonchev–Trinajstić information content (AvgIpc) is 2.59. The minimum atomic E-state index is 0.0991. The lowest BCUT2D eigenvalue weighted by atomic mass is 10.1. The Morgan fingerprint density at radius 1 is 1.29 bits per heavy atom. The van der Waals surface area contributed by atoms with Gasteiger partial charge in [-0.15, -0.1) is 11.8 Å². The van der Waals surface area contributed by atoms with Crippen molar-refractivity contribution in [1.82, 2.24) is 9.80 Å².